The zero-order chi connectivity index (χ0) is 22.9. The summed E-state index contributed by atoms with van der Waals surface area (Å²) in [5, 5.41) is 4.67. The molecule has 1 unspecified atom stereocenters. The molecule has 32 heavy (non-hydrogen) atoms. The molecule has 166 valence electrons. The highest BCUT2D eigenvalue weighted by atomic mass is 79.9. The van der Waals surface area contributed by atoms with E-state index in [-0.39, 0.29) is 12.5 Å². The molecule has 0 saturated carbocycles. The molecular formula is C24H25BrN4O3. The number of aromatic nitrogens is 2. The summed E-state index contributed by atoms with van der Waals surface area (Å²) >= 11 is 3.47. The maximum absolute atomic E-state index is 13.4. The van der Waals surface area contributed by atoms with E-state index in [0.29, 0.717) is 0 Å². The number of carbonyl (C=O) groups excluding carboxylic acids is 2. The first kappa shape index (κ1) is 22.0. The summed E-state index contributed by atoms with van der Waals surface area (Å²) in [5.74, 6) is -0.990. The molecule has 0 aliphatic heterocycles. The summed E-state index contributed by atoms with van der Waals surface area (Å²) in [6, 6.07) is 15.5. The number of nitrogens with one attached hydrogen (secondary N) is 3. The highest BCUT2D eigenvalue weighted by Crippen LogP contribution is 2.29. The van der Waals surface area contributed by atoms with Crippen LogP contribution in [0.1, 0.15) is 32.3 Å². The highest BCUT2D eigenvalue weighted by molar-refractivity contribution is 9.10. The third-order valence-electron chi connectivity index (χ3n) is 5.06. The van der Waals surface area contributed by atoms with E-state index >= 15 is 0 Å². The van der Waals surface area contributed by atoms with Gasteiger partial charge in [0.2, 0.25) is 5.91 Å². The fraction of sp³-hybridized carbons (Fsp3) is 0.250. The van der Waals surface area contributed by atoms with Crippen molar-refractivity contribution >= 4 is 49.7 Å². The van der Waals surface area contributed by atoms with E-state index < -0.39 is 17.6 Å². The molecule has 7 nitrogen and oxygen atoms in total. The van der Waals surface area contributed by atoms with E-state index in [0.717, 1.165) is 31.8 Å². The topological polar surface area (TPSA) is 88.1 Å². The van der Waals surface area contributed by atoms with Crippen molar-refractivity contribution in [3.8, 4) is 0 Å². The number of aromatic amines is 1. The van der Waals surface area contributed by atoms with Crippen LogP contribution < -0.4 is 10.7 Å². The lowest BCUT2D eigenvalue weighted by Gasteiger charge is -2.22. The van der Waals surface area contributed by atoms with Gasteiger partial charge in [-0.2, -0.15) is 0 Å². The summed E-state index contributed by atoms with van der Waals surface area (Å²) in [6.45, 7) is 5.50. The number of rotatable bonds is 5. The third kappa shape index (κ3) is 4.80. The van der Waals surface area contributed by atoms with Crippen molar-refractivity contribution in [1.82, 2.24) is 15.0 Å². The lowest BCUT2D eigenvalue weighted by molar-refractivity contribution is -0.119. The minimum atomic E-state index is -0.711. The van der Waals surface area contributed by atoms with E-state index in [2.05, 4.69) is 31.7 Å². The molecule has 0 aliphatic carbocycles. The zero-order valence-corrected chi connectivity index (χ0v) is 19.7. The molecule has 0 bridgehead atoms. The van der Waals surface area contributed by atoms with E-state index in [1.54, 1.807) is 17.1 Å². The van der Waals surface area contributed by atoms with E-state index in [9.17, 15) is 9.59 Å². The maximum atomic E-state index is 13.4. The summed E-state index contributed by atoms with van der Waals surface area (Å²) in [4.78, 5) is 28.9. The second-order valence-corrected chi connectivity index (χ2v) is 9.60. The van der Waals surface area contributed by atoms with Crippen molar-refractivity contribution in [2.75, 3.05) is 12.0 Å². The number of benzene rings is 2. The first-order valence-electron chi connectivity index (χ1n) is 10.3. The van der Waals surface area contributed by atoms with Crippen molar-refractivity contribution in [3.63, 3.8) is 0 Å². The van der Waals surface area contributed by atoms with Crippen LogP contribution in [0.25, 0.3) is 21.8 Å². The second-order valence-electron chi connectivity index (χ2n) is 8.68. The van der Waals surface area contributed by atoms with Gasteiger partial charge in [-0.1, -0.05) is 40.2 Å². The molecule has 8 heteroatoms. The number of amides is 2. The summed E-state index contributed by atoms with van der Waals surface area (Å²) in [5.41, 5.74) is 5.03. The van der Waals surface area contributed by atoms with E-state index in [4.69, 9.17) is 4.74 Å². The fourth-order valence-corrected chi connectivity index (χ4v) is 3.96. The van der Waals surface area contributed by atoms with Crippen molar-refractivity contribution < 1.29 is 14.3 Å². The number of hydrogen-bond donors (Lipinski definition) is 3. The smallest absolute Gasteiger partial charge is 0.407 e. The number of ether oxygens (including phenoxy) is 1. The molecule has 2 aromatic heterocycles. The Hall–Kier alpha value is -3.26. The third-order valence-corrected chi connectivity index (χ3v) is 5.55. The number of fused-ring (bicyclic) bond motifs is 2. The minimum absolute atomic E-state index is 0.101. The summed E-state index contributed by atoms with van der Waals surface area (Å²) in [6.07, 6.45) is 3.03. The van der Waals surface area contributed by atoms with Gasteiger partial charge in [-0.3, -0.25) is 14.9 Å². The Morgan fingerprint density at radius 3 is 2.72 bits per heavy atom. The van der Waals surface area contributed by atoms with Crippen LogP contribution in [-0.4, -0.2) is 33.8 Å². The van der Waals surface area contributed by atoms with Crippen LogP contribution in [-0.2, 0) is 9.53 Å². The summed E-state index contributed by atoms with van der Waals surface area (Å²) in [7, 11) is 0. The van der Waals surface area contributed by atoms with Gasteiger partial charge in [0.15, 0.2) is 0 Å². The van der Waals surface area contributed by atoms with Gasteiger partial charge in [-0.25, -0.2) is 4.79 Å². The number of hydrogen-bond acceptors (Lipinski definition) is 3. The van der Waals surface area contributed by atoms with Crippen LogP contribution in [0.3, 0.4) is 0 Å². The Bertz CT molecular complexity index is 1290. The predicted octanol–water partition coefficient (Wildman–Crippen LogP) is 5.26. The molecule has 0 saturated heterocycles. The Kier molecular flexibility index (Phi) is 5.97. The molecule has 0 radical (unpaired) electrons. The lowest BCUT2D eigenvalue weighted by atomic mass is 9.98. The SMILES string of the molecule is CC(C)(C)NC(=O)OCC(C(=O)Nn1ccc2ccccc21)c1c[nH]c2cc(Br)ccc12. The Morgan fingerprint density at radius 2 is 1.94 bits per heavy atom. The second kappa shape index (κ2) is 8.70. The number of H-pyrrole nitrogens is 1. The average Bonchev–Trinajstić information content (AvgIpc) is 3.31. The zero-order valence-electron chi connectivity index (χ0n) is 18.1. The van der Waals surface area contributed by atoms with E-state index in [1.165, 1.54) is 0 Å². The highest BCUT2D eigenvalue weighted by Gasteiger charge is 2.27. The molecule has 0 fully saturated rings. The molecule has 4 rings (SSSR count). The Labute approximate surface area is 194 Å². The van der Waals surface area contributed by atoms with Crippen molar-refractivity contribution in [2.45, 2.75) is 32.2 Å². The molecule has 4 aromatic rings. The van der Waals surface area contributed by atoms with Crippen molar-refractivity contribution in [1.29, 1.82) is 0 Å². The van der Waals surface area contributed by atoms with Crippen LogP contribution in [0.4, 0.5) is 4.79 Å². The van der Waals surface area contributed by atoms with Gasteiger partial charge in [0.25, 0.3) is 0 Å². The molecule has 2 aromatic carbocycles. The first-order valence-corrected chi connectivity index (χ1v) is 11.1. The van der Waals surface area contributed by atoms with Crippen LogP contribution in [0, 0.1) is 0 Å². The predicted molar refractivity (Wildman–Crippen MR) is 129 cm³/mol. The average molecular weight is 497 g/mol. The van der Waals surface area contributed by atoms with Gasteiger partial charge in [0, 0.05) is 38.7 Å². The molecule has 1 atom stereocenters. The molecule has 0 spiro atoms. The maximum Gasteiger partial charge on any atom is 0.407 e. The number of alkyl carbamates (subject to hydrolysis) is 1. The van der Waals surface area contributed by atoms with Gasteiger partial charge in [-0.05, 0) is 50.6 Å². The normalized spacial score (nSPS) is 12.6. The lowest BCUT2D eigenvalue weighted by Crippen LogP contribution is -2.42. The van der Waals surface area contributed by atoms with Crippen LogP contribution >= 0.6 is 15.9 Å². The van der Waals surface area contributed by atoms with Crippen LogP contribution in [0.15, 0.2) is 65.4 Å². The number of nitrogens with zero attached hydrogens (tertiary/aromatic N) is 1. The molecule has 2 heterocycles. The van der Waals surface area contributed by atoms with Gasteiger partial charge in [0.1, 0.15) is 12.5 Å². The number of para-hydroxylation sites is 1. The molecule has 0 aliphatic rings. The monoisotopic (exact) mass is 496 g/mol. The van der Waals surface area contributed by atoms with Gasteiger partial charge in [0.05, 0.1) is 5.52 Å². The Balaban J connectivity index is 1.63. The Morgan fingerprint density at radius 1 is 1.16 bits per heavy atom. The number of carbonyl (C=O) groups is 2. The number of halogens is 1. The van der Waals surface area contributed by atoms with Crippen LogP contribution in [0.2, 0.25) is 0 Å². The van der Waals surface area contributed by atoms with Crippen molar-refractivity contribution in [2.24, 2.45) is 0 Å². The van der Waals surface area contributed by atoms with Crippen molar-refractivity contribution in [3.05, 3.63) is 71.0 Å². The summed E-state index contributed by atoms with van der Waals surface area (Å²) < 4.78 is 8.08. The van der Waals surface area contributed by atoms with Gasteiger partial charge in [-0.15, -0.1) is 0 Å². The van der Waals surface area contributed by atoms with Gasteiger partial charge < -0.3 is 15.0 Å². The minimum Gasteiger partial charge on any atom is -0.448 e. The standard InChI is InChI=1S/C24H25BrN4O3/c1-24(2,3)27-23(31)32-14-19(18-13-26-20-12-16(25)8-9-17(18)20)22(30)28-29-11-10-15-6-4-5-7-21(15)29/h4-13,19,26H,14H2,1-3H3,(H,27,31)(H,28,30). The van der Waals surface area contributed by atoms with E-state index in [1.807, 2.05) is 69.3 Å². The quantitative estimate of drug-likeness (QED) is 0.351. The fourth-order valence-electron chi connectivity index (χ4n) is 3.59. The largest absolute Gasteiger partial charge is 0.448 e. The molecule has 2 amide bonds. The molecule has 3 N–H and O–H groups in total. The van der Waals surface area contributed by atoms with Crippen LogP contribution in [0.5, 0.6) is 0 Å². The van der Waals surface area contributed by atoms with Gasteiger partial charge >= 0.3 is 6.09 Å². The first-order chi connectivity index (χ1) is 15.2. The molecular weight excluding hydrogens is 472 g/mol.